The van der Waals surface area contributed by atoms with Gasteiger partial charge < -0.3 is 10.1 Å². The van der Waals surface area contributed by atoms with Crippen LogP contribution >= 0.6 is 15.9 Å². The van der Waals surface area contributed by atoms with E-state index in [0.29, 0.717) is 16.8 Å². The lowest BCUT2D eigenvalue weighted by Gasteiger charge is -2.47. The Kier molecular flexibility index (Phi) is 2.50. The third-order valence-corrected chi connectivity index (χ3v) is 4.17. The smallest absolute Gasteiger partial charge is 0.407 e. The van der Waals surface area contributed by atoms with Gasteiger partial charge in [0.1, 0.15) is 5.60 Å². The molecule has 14 heavy (non-hydrogen) atoms. The van der Waals surface area contributed by atoms with E-state index in [1.807, 2.05) is 13.8 Å². The Morgan fingerprint density at radius 1 is 1.50 bits per heavy atom. The molecule has 3 atom stereocenters. The van der Waals surface area contributed by atoms with Gasteiger partial charge in [-0.15, -0.1) is 0 Å². The highest BCUT2D eigenvalue weighted by Gasteiger charge is 2.46. The summed E-state index contributed by atoms with van der Waals surface area (Å²) in [6, 6.07) is 0.306. The molecule has 1 aliphatic carbocycles. The normalized spacial score (nSPS) is 40.8. The van der Waals surface area contributed by atoms with Crippen molar-refractivity contribution in [3.63, 3.8) is 0 Å². The van der Waals surface area contributed by atoms with Crippen LogP contribution in [0.2, 0.25) is 0 Å². The maximum atomic E-state index is 11.3. The lowest BCUT2D eigenvalue weighted by molar-refractivity contribution is -0.0577. The van der Waals surface area contributed by atoms with Gasteiger partial charge in [0.05, 0.1) is 0 Å². The Morgan fingerprint density at radius 2 is 2.21 bits per heavy atom. The molecule has 80 valence electrons. The number of fused-ring (bicyclic) bond motifs is 1. The van der Waals surface area contributed by atoms with Crippen LogP contribution in [0, 0.1) is 5.92 Å². The van der Waals surface area contributed by atoms with Crippen molar-refractivity contribution in [1.29, 1.82) is 0 Å². The van der Waals surface area contributed by atoms with Crippen molar-refractivity contribution in [3.05, 3.63) is 0 Å². The maximum absolute atomic E-state index is 11.3. The van der Waals surface area contributed by atoms with E-state index in [-0.39, 0.29) is 11.7 Å². The number of cyclic esters (lactones) is 1. The van der Waals surface area contributed by atoms with Crippen LogP contribution in [-0.4, -0.2) is 22.6 Å². The van der Waals surface area contributed by atoms with Crippen molar-refractivity contribution in [1.82, 2.24) is 5.32 Å². The highest BCUT2D eigenvalue weighted by atomic mass is 79.9. The molecule has 1 aliphatic heterocycles. The molecule has 2 rings (SSSR count). The summed E-state index contributed by atoms with van der Waals surface area (Å²) >= 11 is 3.65. The van der Waals surface area contributed by atoms with Gasteiger partial charge in [0.2, 0.25) is 0 Å². The van der Waals surface area contributed by atoms with Gasteiger partial charge in [0.15, 0.2) is 0 Å². The monoisotopic (exact) mass is 261 g/mol. The van der Waals surface area contributed by atoms with Crippen molar-refractivity contribution in [2.24, 2.45) is 5.92 Å². The Hall–Kier alpha value is -0.250. The summed E-state index contributed by atoms with van der Waals surface area (Å²) in [5.74, 6) is 0.429. The molecule has 0 aromatic heterocycles. The van der Waals surface area contributed by atoms with E-state index in [2.05, 4.69) is 21.2 Å². The summed E-state index contributed by atoms with van der Waals surface area (Å²) in [5.41, 5.74) is -0.320. The van der Waals surface area contributed by atoms with Gasteiger partial charge in [0.25, 0.3) is 0 Å². The standard InChI is InChI=1S/C10H16BrNO2/c1-10(2)7-5-6(11)3-4-8(7)12-9(13)14-10/h6-8H,3-5H2,1-2H3,(H,12,13). The predicted molar refractivity (Wildman–Crippen MR) is 57.5 cm³/mol. The zero-order chi connectivity index (χ0) is 10.3. The molecule has 1 saturated heterocycles. The van der Waals surface area contributed by atoms with Gasteiger partial charge in [-0.1, -0.05) is 15.9 Å². The second-order valence-electron chi connectivity index (χ2n) is 4.76. The van der Waals surface area contributed by atoms with Crippen LogP contribution in [0.5, 0.6) is 0 Å². The molecule has 3 unspecified atom stereocenters. The SMILES string of the molecule is CC1(C)OC(=O)NC2CCC(Br)CC21. The van der Waals surface area contributed by atoms with E-state index in [4.69, 9.17) is 4.74 Å². The Morgan fingerprint density at radius 3 is 2.93 bits per heavy atom. The number of carbonyl (C=O) groups excluding carboxylic acids is 1. The van der Waals surface area contributed by atoms with Crippen LogP contribution in [0.3, 0.4) is 0 Å². The summed E-state index contributed by atoms with van der Waals surface area (Å²) in [7, 11) is 0. The molecule has 0 spiro atoms. The summed E-state index contributed by atoms with van der Waals surface area (Å²) < 4.78 is 5.32. The van der Waals surface area contributed by atoms with E-state index >= 15 is 0 Å². The maximum Gasteiger partial charge on any atom is 0.407 e. The van der Waals surface area contributed by atoms with Gasteiger partial charge in [-0.3, -0.25) is 0 Å². The number of hydrogen-bond acceptors (Lipinski definition) is 2. The van der Waals surface area contributed by atoms with Crippen LogP contribution in [0.25, 0.3) is 0 Å². The number of nitrogens with one attached hydrogen (secondary N) is 1. The van der Waals surface area contributed by atoms with E-state index in [0.717, 1.165) is 19.3 Å². The first-order chi connectivity index (χ1) is 6.49. The first kappa shape index (κ1) is 10.3. The molecule has 1 N–H and O–H groups in total. The zero-order valence-corrected chi connectivity index (χ0v) is 10.1. The van der Waals surface area contributed by atoms with Crippen LogP contribution in [0.4, 0.5) is 4.79 Å². The molecular weight excluding hydrogens is 246 g/mol. The third-order valence-electron chi connectivity index (χ3n) is 3.34. The molecule has 2 aliphatic rings. The molecule has 1 heterocycles. The quantitative estimate of drug-likeness (QED) is 0.681. The number of alkyl halides is 1. The van der Waals surface area contributed by atoms with Gasteiger partial charge in [-0.2, -0.15) is 0 Å². The first-order valence-electron chi connectivity index (χ1n) is 5.12. The Labute approximate surface area is 92.7 Å². The van der Waals surface area contributed by atoms with Crippen LogP contribution < -0.4 is 5.32 Å². The minimum atomic E-state index is -0.320. The average molecular weight is 262 g/mol. The number of hydrogen-bond donors (Lipinski definition) is 1. The molecule has 0 radical (unpaired) electrons. The number of halogens is 1. The number of ether oxygens (including phenoxy) is 1. The molecule has 1 saturated carbocycles. The van der Waals surface area contributed by atoms with Crippen molar-refractivity contribution in [3.8, 4) is 0 Å². The largest absolute Gasteiger partial charge is 0.443 e. The molecular formula is C10H16BrNO2. The van der Waals surface area contributed by atoms with E-state index < -0.39 is 0 Å². The van der Waals surface area contributed by atoms with Crippen LogP contribution in [-0.2, 0) is 4.74 Å². The minimum Gasteiger partial charge on any atom is -0.443 e. The zero-order valence-electron chi connectivity index (χ0n) is 8.55. The Bertz CT molecular complexity index is 255. The molecule has 0 aromatic carbocycles. The summed E-state index contributed by atoms with van der Waals surface area (Å²) in [5, 5.41) is 2.91. The molecule has 2 fully saturated rings. The topological polar surface area (TPSA) is 38.3 Å². The van der Waals surface area contributed by atoms with Gasteiger partial charge in [-0.25, -0.2) is 4.79 Å². The summed E-state index contributed by atoms with van der Waals surface area (Å²) in [6.07, 6.45) is 3.01. The van der Waals surface area contributed by atoms with Gasteiger partial charge >= 0.3 is 6.09 Å². The van der Waals surface area contributed by atoms with E-state index in [1.165, 1.54) is 0 Å². The summed E-state index contributed by atoms with van der Waals surface area (Å²) in [4.78, 5) is 11.8. The first-order valence-corrected chi connectivity index (χ1v) is 6.04. The number of carbonyl (C=O) groups is 1. The lowest BCUT2D eigenvalue weighted by Crippen LogP contribution is -2.59. The fourth-order valence-electron chi connectivity index (χ4n) is 2.56. The van der Waals surface area contributed by atoms with Crippen molar-refractivity contribution in [2.45, 2.75) is 49.6 Å². The molecule has 0 bridgehead atoms. The highest BCUT2D eigenvalue weighted by molar-refractivity contribution is 9.09. The second-order valence-corrected chi connectivity index (χ2v) is 6.06. The van der Waals surface area contributed by atoms with Crippen molar-refractivity contribution >= 4 is 22.0 Å². The molecule has 0 aromatic rings. The fourth-order valence-corrected chi connectivity index (χ4v) is 3.22. The predicted octanol–water partition coefficient (Wildman–Crippen LogP) is 2.44. The van der Waals surface area contributed by atoms with E-state index in [1.54, 1.807) is 0 Å². The minimum absolute atomic E-state index is 0.260. The fraction of sp³-hybridized carbons (Fsp3) is 0.900. The number of amides is 1. The second kappa shape index (κ2) is 3.40. The van der Waals surface area contributed by atoms with Crippen LogP contribution in [0.15, 0.2) is 0 Å². The molecule has 1 amide bonds. The molecule has 3 nitrogen and oxygen atoms in total. The number of alkyl carbamates (subject to hydrolysis) is 1. The molecule has 4 heteroatoms. The van der Waals surface area contributed by atoms with Crippen LogP contribution in [0.1, 0.15) is 33.1 Å². The average Bonchev–Trinajstić information content (AvgIpc) is 2.05. The third kappa shape index (κ3) is 1.76. The summed E-state index contributed by atoms with van der Waals surface area (Å²) in [6.45, 7) is 4.02. The van der Waals surface area contributed by atoms with Crippen molar-refractivity contribution in [2.75, 3.05) is 0 Å². The van der Waals surface area contributed by atoms with Gasteiger partial charge in [0, 0.05) is 16.8 Å². The van der Waals surface area contributed by atoms with E-state index in [9.17, 15) is 4.79 Å². The lowest BCUT2D eigenvalue weighted by atomic mass is 9.74. The van der Waals surface area contributed by atoms with Crippen molar-refractivity contribution < 1.29 is 9.53 Å². The van der Waals surface area contributed by atoms with Gasteiger partial charge in [-0.05, 0) is 33.1 Å². The number of rotatable bonds is 0. The Balaban J connectivity index is 2.17. The highest BCUT2D eigenvalue weighted by Crippen LogP contribution is 2.39.